The molecule has 1 aromatic rings. The summed E-state index contributed by atoms with van der Waals surface area (Å²) >= 11 is 1.79. The Bertz CT molecular complexity index is 408. The molecule has 1 saturated heterocycles. The van der Waals surface area contributed by atoms with Gasteiger partial charge in [-0.3, -0.25) is 4.99 Å². The molecule has 0 saturated carbocycles. The molecule has 0 bridgehead atoms. The molecule has 21 heavy (non-hydrogen) atoms. The van der Waals surface area contributed by atoms with Crippen molar-refractivity contribution in [3.8, 4) is 0 Å². The summed E-state index contributed by atoms with van der Waals surface area (Å²) in [7, 11) is 0. The van der Waals surface area contributed by atoms with E-state index in [0.29, 0.717) is 5.96 Å². The second-order valence-electron chi connectivity index (χ2n) is 5.90. The SMILES string of the molecule is CC1CCN(CCCN=C(N)NCCc2cccs2)CC1. The number of nitrogens with two attached hydrogens (primary N) is 1. The van der Waals surface area contributed by atoms with Gasteiger partial charge in [-0.05, 0) is 62.7 Å². The summed E-state index contributed by atoms with van der Waals surface area (Å²) < 4.78 is 0. The van der Waals surface area contributed by atoms with Crippen LogP contribution in [0.2, 0.25) is 0 Å². The van der Waals surface area contributed by atoms with E-state index < -0.39 is 0 Å². The maximum absolute atomic E-state index is 5.88. The first-order valence-electron chi connectivity index (χ1n) is 8.02. The molecule has 0 aliphatic carbocycles. The van der Waals surface area contributed by atoms with Gasteiger partial charge in [-0.15, -0.1) is 11.3 Å². The molecular formula is C16H28N4S. The molecular weight excluding hydrogens is 280 g/mol. The molecule has 1 aliphatic heterocycles. The zero-order valence-electron chi connectivity index (χ0n) is 13.1. The van der Waals surface area contributed by atoms with Gasteiger partial charge in [-0.1, -0.05) is 13.0 Å². The minimum atomic E-state index is 0.582. The molecule has 3 N–H and O–H groups in total. The minimum absolute atomic E-state index is 0.582. The maximum Gasteiger partial charge on any atom is 0.188 e. The molecule has 2 heterocycles. The summed E-state index contributed by atoms with van der Waals surface area (Å²) in [6.07, 6.45) is 4.80. The maximum atomic E-state index is 5.88. The Kier molecular flexibility index (Phi) is 7.03. The van der Waals surface area contributed by atoms with E-state index in [0.717, 1.165) is 38.4 Å². The molecule has 4 nitrogen and oxygen atoms in total. The van der Waals surface area contributed by atoms with Crippen molar-refractivity contribution in [1.82, 2.24) is 10.2 Å². The lowest BCUT2D eigenvalue weighted by molar-refractivity contribution is 0.192. The highest BCUT2D eigenvalue weighted by Gasteiger charge is 2.14. The molecule has 0 atom stereocenters. The number of thiophene rings is 1. The van der Waals surface area contributed by atoms with E-state index in [1.165, 1.54) is 30.8 Å². The molecule has 0 amide bonds. The van der Waals surface area contributed by atoms with E-state index >= 15 is 0 Å². The van der Waals surface area contributed by atoms with Crippen LogP contribution in [-0.4, -0.2) is 43.6 Å². The average Bonchev–Trinajstić information content (AvgIpc) is 2.99. The number of aliphatic imine (C=N–C) groups is 1. The third-order valence-electron chi connectivity index (χ3n) is 4.05. The van der Waals surface area contributed by atoms with Gasteiger partial charge in [0.05, 0.1) is 0 Å². The van der Waals surface area contributed by atoms with Crippen molar-refractivity contribution in [2.24, 2.45) is 16.6 Å². The van der Waals surface area contributed by atoms with E-state index in [2.05, 4.69) is 39.6 Å². The van der Waals surface area contributed by atoms with E-state index in [1.807, 2.05) is 0 Å². The molecule has 0 unspecified atom stereocenters. The van der Waals surface area contributed by atoms with Crippen LogP contribution in [0.1, 0.15) is 31.1 Å². The molecule has 1 aromatic heterocycles. The van der Waals surface area contributed by atoms with Crippen LogP contribution in [0.3, 0.4) is 0 Å². The molecule has 118 valence electrons. The van der Waals surface area contributed by atoms with Crippen molar-refractivity contribution in [2.45, 2.75) is 32.6 Å². The summed E-state index contributed by atoms with van der Waals surface area (Å²) in [6, 6.07) is 4.23. The number of rotatable bonds is 7. The molecule has 1 fully saturated rings. The Hall–Kier alpha value is -1.07. The van der Waals surface area contributed by atoms with Crippen molar-refractivity contribution in [3.63, 3.8) is 0 Å². The fraction of sp³-hybridized carbons (Fsp3) is 0.688. The third-order valence-corrected chi connectivity index (χ3v) is 4.98. The van der Waals surface area contributed by atoms with Crippen molar-refractivity contribution in [2.75, 3.05) is 32.7 Å². The van der Waals surface area contributed by atoms with Crippen molar-refractivity contribution in [3.05, 3.63) is 22.4 Å². The third kappa shape index (κ3) is 6.48. The normalized spacial score (nSPS) is 18.0. The van der Waals surface area contributed by atoms with Gasteiger partial charge in [0.25, 0.3) is 0 Å². The Morgan fingerprint density at radius 2 is 2.29 bits per heavy atom. The highest BCUT2D eigenvalue weighted by Crippen LogP contribution is 2.15. The smallest absolute Gasteiger partial charge is 0.188 e. The standard InChI is InChI=1S/C16H28N4S/c1-14-6-11-20(12-7-14)10-3-8-18-16(17)19-9-5-15-4-2-13-21-15/h2,4,13-14H,3,5-12H2,1H3,(H3,17,18,19). The van der Waals surface area contributed by atoms with Gasteiger partial charge in [0.15, 0.2) is 5.96 Å². The van der Waals surface area contributed by atoms with Gasteiger partial charge < -0.3 is 16.0 Å². The Morgan fingerprint density at radius 1 is 1.48 bits per heavy atom. The Morgan fingerprint density at radius 3 is 3.00 bits per heavy atom. The van der Waals surface area contributed by atoms with Gasteiger partial charge in [0.1, 0.15) is 0 Å². The Balaban J connectivity index is 1.52. The van der Waals surface area contributed by atoms with Crippen LogP contribution >= 0.6 is 11.3 Å². The summed E-state index contributed by atoms with van der Waals surface area (Å²) in [4.78, 5) is 8.34. The second-order valence-corrected chi connectivity index (χ2v) is 6.93. The molecule has 0 radical (unpaired) electrons. The van der Waals surface area contributed by atoms with Gasteiger partial charge in [0, 0.05) is 18.0 Å². The minimum Gasteiger partial charge on any atom is -0.370 e. The van der Waals surface area contributed by atoms with E-state index in [4.69, 9.17) is 5.73 Å². The Labute approximate surface area is 132 Å². The number of nitrogens with one attached hydrogen (secondary N) is 1. The van der Waals surface area contributed by atoms with Crippen molar-refractivity contribution < 1.29 is 0 Å². The second kappa shape index (κ2) is 9.05. The predicted octanol–water partition coefficient (Wildman–Crippen LogP) is 2.32. The summed E-state index contributed by atoms with van der Waals surface area (Å²) in [5, 5.41) is 5.29. The van der Waals surface area contributed by atoms with E-state index in [-0.39, 0.29) is 0 Å². The molecule has 5 heteroatoms. The number of hydrogen-bond donors (Lipinski definition) is 2. The molecule has 1 aliphatic rings. The first kappa shape index (κ1) is 16.3. The highest BCUT2D eigenvalue weighted by molar-refractivity contribution is 7.09. The fourth-order valence-corrected chi connectivity index (χ4v) is 3.31. The van der Waals surface area contributed by atoms with Crippen LogP contribution in [0.5, 0.6) is 0 Å². The highest BCUT2D eigenvalue weighted by atomic mass is 32.1. The van der Waals surface area contributed by atoms with Crippen molar-refractivity contribution in [1.29, 1.82) is 0 Å². The lowest BCUT2D eigenvalue weighted by atomic mass is 9.99. The largest absolute Gasteiger partial charge is 0.370 e. The number of guanidine groups is 1. The quantitative estimate of drug-likeness (QED) is 0.462. The predicted molar refractivity (Wildman–Crippen MR) is 92.0 cm³/mol. The molecule has 0 aromatic carbocycles. The van der Waals surface area contributed by atoms with E-state index in [1.54, 1.807) is 11.3 Å². The van der Waals surface area contributed by atoms with Crippen LogP contribution < -0.4 is 11.1 Å². The average molecular weight is 308 g/mol. The number of likely N-dealkylation sites (tertiary alicyclic amines) is 1. The van der Waals surface area contributed by atoms with Gasteiger partial charge in [-0.25, -0.2) is 0 Å². The van der Waals surface area contributed by atoms with Gasteiger partial charge >= 0.3 is 0 Å². The zero-order chi connectivity index (χ0) is 14.9. The summed E-state index contributed by atoms with van der Waals surface area (Å²) in [6.45, 7) is 7.69. The number of piperidine rings is 1. The first-order chi connectivity index (χ1) is 10.2. The lowest BCUT2D eigenvalue weighted by Crippen LogP contribution is -2.35. The van der Waals surface area contributed by atoms with Crippen LogP contribution in [0.25, 0.3) is 0 Å². The van der Waals surface area contributed by atoms with Crippen molar-refractivity contribution >= 4 is 17.3 Å². The fourth-order valence-electron chi connectivity index (χ4n) is 2.60. The summed E-state index contributed by atoms with van der Waals surface area (Å²) in [5.41, 5.74) is 5.88. The first-order valence-corrected chi connectivity index (χ1v) is 8.90. The lowest BCUT2D eigenvalue weighted by Gasteiger charge is -2.29. The van der Waals surface area contributed by atoms with Crippen LogP contribution in [-0.2, 0) is 6.42 Å². The summed E-state index contributed by atoms with van der Waals surface area (Å²) in [5.74, 6) is 1.49. The topological polar surface area (TPSA) is 53.6 Å². The zero-order valence-corrected chi connectivity index (χ0v) is 13.9. The number of nitrogens with zero attached hydrogens (tertiary/aromatic N) is 2. The van der Waals surface area contributed by atoms with Crippen LogP contribution in [0, 0.1) is 5.92 Å². The van der Waals surface area contributed by atoms with Gasteiger partial charge in [-0.2, -0.15) is 0 Å². The number of hydrogen-bond acceptors (Lipinski definition) is 3. The molecule has 2 rings (SSSR count). The van der Waals surface area contributed by atoms with Crippen LogP contribution in [0.15, 0.2) is 22.5 Å². The monoisotopic (exact) mass is 308 g/mol. The van der Waals surface area contributed by atoms with Gasteiger partial charge in [0.2, 0.25) is 0 Å². The van der Waals surface area contributed by atoms with Crippen LogP contribution in [0.4, 0.5) is 0 Å². The molecule has 0 spiro atoms. The van der Waals surface area contributed by atoms with E-state index in [9.17, 15) is 0 Å².